The molecule has 1 aliphatic rings. The molecule has 2 amide bonds. The number of carbonyl (C=O) groups is 2. The normalized spacial score (nSPS) is 19.3. The van der Waals surface area contributed by atoms with E-state index in [2.05, 4.69) is 10.4 Å². The Morgan fingerprint density at radius 2 is 2.00 bits per heavy atom. The number of nitrogens with one attached hydrogen (secondary N) is 1. The molecule has 0 aliphatic carbocycles. The largest absolute Gasteiger partial charge is 0.296 e. The molecule has 1 aromatic heterocycles. The summed E-state index contributed by atoms with van der Waals surface area (Å²) in [4.78, 5) is 23.4. The maximum atomic E-state index is 14.5. The van der Waals surface area contributed by atoms with Crippen molar-refractivity contribution < 1.29 is 14.0 Å². The molecule has 0 saturated carbocycles. The highest BCUT2D eigenvalue weighted by molar-refractivity contribution is 6.02. The number of imide groups is 1. The van der Waals surface area contributed by atoms with E-state index in [0.717, 1.165) is 5.52 Å². The molecule has 0 unspecified atom stereocenters. The molecule has 3 rings (SSSR count). The van der Waals surface area contributed by atoms with Crippen LogP contribution in [-0.4, -0.2) is 21.6 Å². The van der Waals surface area contributed by atoms with Gasteiger partial charge in [-0.05, 0) is 29.5 Å². The van der Waals surface area contributed by atoms with Gasteiger partial charge in [-0.1, -0.05) is 20.8 Å². The fourth-order valence-electron chi connectivity index (χ4n) is 3.09. The van der Waals surface area contributed by atoms with Crippen molar-refractivity contribution >= 4 is 22.7 Å². The highest BCUT2D eigenvalue weighted by atomic mass is 19.1. The number of hydrogen-bond acceptors (Lipinski definition) is 3. The number of benzene rings is 1. The third-order valence-corrected chi connectivity index (χ3v) is 4.34. The highest BCUT2D eigenvalue weighted by Gasteiger charge is 2.32. The highest BCUT2D eigenvalue weighted by Crippen LogP contribution is 2.34. The molecule has 1 aromatic carbocycles. The summed E-state index contributed by atoms with van der Waals surface area (Å²) in [6.45, 7) is 5.86. The Kier molecular flexibility index (Phi) is 3.50. The minimum atomic E-state index is -0.517. The summed E-state index contributed by atoms with van der Waals surface area (Å²) >= 11 is 0. The quantitative estimate of drug-likeness (QED) is 0.822. The van der Waals surface area contributed by atoms with Crippen LogP contribution in [0.4, 0.5) is 4.39 Å². The predicted molar refractivity (Wildman–Crippen MR) is 84.5 cm³/mol. The third-order valence-electron chi connectivity index (χ3n) is 4.34. The van der Waals surface area contributed by atoms with E-state index in [1.165, 1.54) is 6.07 Å². The van der Waals surface area contributed by atoms with Gasteiger partial charge in [-0.3, -0.25) is 19.6 Å². The van der Waals surface area contributed by atoms with Crippen LogP contribution in [0.3, 0.4) is 0 Å². The first-order valence-corrected chi connectivity index (χ1v) is 7.69. The van der Waals surface area contributed by atoms with Crippen molar-refractivity contribution in [2.75, 3.05) is 0 Å². The van der Waals surface area contributed by atoms with Gasteiger partial charge in [0.15, 0.2) is 0 Å². The number of piperidine rings is 1. The van der Waals surface area contributed by atoms with Crippen LogP contribution in [0, 0.1) is 5.82 Å². The van der Waals surface area contributed by atoms with E-state index in [9.17, 15) is 14.0 Å². The lowest BCUT2D eigenvalue weighted by atomic mass is 9.85. The number of rotatable bonds is 1. The van der Waals surface area contributed by atoms with E-state index in [1.54, 1.807) is 17.8 Å². The Balaban J connectivity index is 2.15. The molecule has 122 valence electrons. The summed E-state index contributed by atoms with van der Waals surface area (Å²) < 4.78 is 16.2. The predicted octanol–water partition coefficient (Wildman–Crippen LogP) is 2.53. The molecular formula is C17H20FN3O2. The van der Waals surface area contributed by atoms with Crippen molar-refractivity contribution in [3.8, 4) is 0 Å². The number of fused-ring (bicyclic) bond motifs is 1. The molecule has 2 aromatic rings. The van der Waals surface area contributed by atoms with Gasteiger partial charge in [-0.15, -0.1) is 0 Å². The van der Waals surface area contributed by atoms with Gasteiger partial charge in [-0.2, -0.15) is 5.10 Å². The second-order valence-corrected chi connectivity index (χ2v) is 7.11. The average molecular weight is 317 g/mol. The van der Waals surface area contributed by atoms with E-state index >= 15 is 0 Å². The van der Waals surface area contributed by atoms with Crippen LogP contribution in [0.15, 0.2) is 12.1 Å². The van der Waals surface area contributed by atoms with Crippen LogP contribution in [0.5, 0.6) is 0 Å². The van der Waals surface area contributed by atoms with Crippen LogP contribution in [-0.2, 0) is 22.1 Å². The maximum Gasteiger partial charge on any atom is 0.235 e. The number of halogens is 1. The Morgan fingerprint density at radius 1 is 1.30 bits per heavy atom. The SMILES string of the molecule is Cn1nc([C@@H]2CCC(=O)NC2=O)c2cc(F)c(C(C)(C)C)cc21. The Bertz CT molecular complexity index is 817. The maximum absolute atomic E-state index is 14.5. The van der Waals surface area contributed by atoms with Crippen LogP contribution in [0.2, 0.25) is 0 Å². The Morgan fingerprint density at radius 3 is 2.61 bits per heavy atom. The monoisotopic (exact) mass is 317 g/mol. The van der Waals surface area contributed by atoms with Crippen molar-refractivity contribution in [2.24, 2.45) is 7.05 Å². The number of carbonyl (C=O) groups excluding carboxylic acids is 2. The number of aromatic nitrogens is 2. The number of amides is 2. The molecule has 1 fully saturated rings. The minimum Gasteiger partial charge on any atom is -0.296 e. The van der Waals surface area contributed by atoms with Gasteiger partial charge in [-0.25, -0.2) is 4.39 Å². The van der Waals surface area contributed by atoms with Gasteiger partial charge in [0.25, 0.3) is 0 Å². The molecule has 1 N–H and O–H groups in total. The molecule has 1 saturated heterocycles. The second-order valence-electron chi connectivity index (χ2n) is 7.11. The minimum absolute atomic E-state index is 0.271. The summed E-state index contributed by atoms with van der Waals surface area (Å²) in [7, 11) is 1.78. The van der Waals surface area contributed by atoms with Crippen molar-refractivity contribution in [3.63, 3.8) is 0 Å². The van der Waals surface area contributed by atoms with Crippen molar-refractivity contribution in [3.05, 3.63) is 29.2 Å². The van der Waals surface area contributed by atoms with Crippen molar-refractivity contribution in [1.82, 2.24) is 15.1 Å². The fraction of sp³-hybridized carbons (Fsp3) is 0.471. The zero-order valence-corrected chi connectivity index (χ0v) is 13.7. The second kappa shape index (κ2) is 5.15. The van der Waals surface area contributed by atoms with Gasteiger partial charge in [0.1, 0.15) is 5.82 Å². The molecule has 5 nitrogen and oxygen atoms in total. The fourth-order valence-corrected chi connectivity index (χ4v) is 3.09. The number of aryl methyl sites for hydroxylation is 1. The lowest BCUT2D eigenvalue weighted by molar-refractivity contribution is -0.134. The standard InChI is InChI=1S/C17H20FN3O2/c1-17(2,3)11-8-13-10(7-12(11)18)15(20-21(13)4)9-5-6-14(22)19-16(9)23/h7-9H,5-6H2,1-4H3,(H,19,22,23)/t9-/m0/s1. The average Bonchev–Trinajstić information content (AvgIpc) is 2.73. The Labute approximate surface area is 133 Å². The van der Waals surface area contributed by atoms with E-state index in [-0.39, 0.29) is 29.5 Å². The summed E-state index contributed by atoms with van der Waals surface area (Å²) in [5.74, 6) is -1.45. The first-order valence-electron chi connectivity index (χ1n) is 7.69. The van der Waals surface area contributed by atoms with Gasteiger partial charge < -0.3 is 0 Å². The van der Waals surface area contributed by atoms with Gasteiger partial charge >= 0.3 is 0 Å². The molecule has 6 heteroatoms. The number of nitrogens with zero attached hydrogens (tertiary/aromatic N) is 2. The lowest BCUT2D eigenvalue weighted by Crippen LogP contribution is -2.39. The molecular weight excluding hydrogens is 297 g/mol. The molecule has 0 spiro atoms. The Hall–Kier alpha value is -2.24. The van der Waals surface area contributed by atoms with E-state index in [0.29, 0.717) is 23.1 Å². The van der Waals surface area contributed by atoms with Crippen LogP contribution in [0.25, 0.3) is 10.9 Å². The summed E-state index contributed by atoms with van der Waals surface area (Å²) in [5.41, 5.74) is 1.61. The first-order chi connectivity index (χ1) is 10.7. The summed E-state index contributed by atoms with van der Waals surface area (Å²) in [5, 5.41) is 7.39. The van der Waals surface area contributed by atoms with Gasteiger partial charge in [0, 0.05) is 18.9 Å². The molecule has 2 heterocycles. The lowest BCUT2D eigenvalue weighted by Gasteiger charge is -2.21. The van der Waals surface area contributed by atoms with Crippen LogP contribution < -0.4 is 5.32 Å². The van der Waals surface area contributed by atoms with Gasteiger partial charge in [0.05, 0.1) is 17.1 Å². The summed E-state index contributed by atoms with van der Waals surface area (Å²) in [6, 6.07) is 3.26. The van der Waals surface area contributed by atoms with Gasteiger partial charge in [0.2, 0.25) is 11.8 Å². The zero-order chi connectivity index (χ0) is 16.9. The molecule has 1 atom stereocenters. The van der Waals surface area contributed by atoms with Crippen molar-refractivity contribution in [1.29, 1.82) is 0 Å². The topological polar surface area (TPSA) is 64.0 Å². The number of hydrogen-bond donors (Lipinski definition) is 1. The van der Waals surface area contributed by atoms with Crippen molar-refractivity contribution in [2.45, 2.75) is 44.9 Å². The molecule has 0 radical (unpaired) electrons. The van der Waals surface area contributed by atoms with Crippen LogP contribution in [0.1, 0.15) is 50.8 Å². The third kappa shape index (κ3) is 2.62. The molecule has 1 aliphatic heterocycles. The zero-order valence-electron chi connectivity index (χ0n) is 13.7. The van der Waals surface area contributed by atoms with E-state index in [4.69, 9.17) is 0 Å². The summed E-state index contributed by atoms with van der Waals surface area (Å²) in [6.07, 6.45) is 0.677. The van der Waals surface area contributed by atoms with E-state index in [1.807, 2.05) is 20.8 Å². The van der Waals surface area contributed by atoms with E-state index < -0.39 is 5.92 Å². The molecule has 23 heavy (non-hydrogen) atoms. The smallest absolute Gasteiger partial charge is 0.235 e. The van der Waals surface area contributed by atoms with Crippen LogP contribution >= 0.6 is 0 Å². The first kappa shape index (κ1) is 15.6. The molecule has 0 bridgehead atoms.